The van der Waals surface area contributed by atoms with Crippen LogP contribution in [-0.4, -0.2) is 41.5 Å². The van der Waals surface area contributed by atoms with E-state index in [-0.39, 0.29) is 17.9 Å². The number of carbonyl (C=O) groups excluding carboxylic acids is 2. The first-order chi connectivity index (χ1) is 12.9. The summed E-state index contributed by atoms with van der Waals surface area (Å²) in [6.45, 7) is 0.626. The molecule has 0 bridgehead atoms. The third-order valence-electron chi connectivity index (χ3n) is 4.18. The molecule has 142 valence electrons. The van der Waals surface area contributed by atoms with Crippen LogP contribution in [0.2, 0.25) is 0 Å². The van der Waals surface area contributed by atoms with Crippen LogP contribution >= 0.6 is 0 Å². The molecule has 1 saturated heterocycles. The topological polar surface area (TPSA) is 110 Å². The molecule has 9 heteroatoms. The summed E-state index contributed by atoms with van der Waals surface area (Å²) in [5, 5.41) is 4.24. The summed E-state index contributed by atoms with van der Waals surface area (Å²) in [5.74, 6) is -1.79. The van der Waals surface area contributed by atoms with Gasteiger partial charge in [-0.15, -0.1) is 0 Å². The van der Waals surface area contributed by atoms with Crippen molar-refractivity contribution < 1.29 is 18.0 Å². The van der Waals surface area contributed by atoms with Crippen LogP contribution in [0.5, 0.6) is 0 Å². The molecule has 0 aliphatic carbocycles. The van der Waals surface area contributed by atoms with Crippen LogP contribution in [-0.2, 0) is 26.0 Å². The molecule has 3 rings (SSSR count). The largest absolute Gasteiger partial charge is 0.273 e. The number of aromatic nitrogens is 2. The molecule has 1 aliphatic heterocycles. The van der Waals surface area contributed by atoms with Crippen LogP contribution in [0.25, 0.3) is 6.08 Å². The van der Waals surface area contributed by atoms with Crippen LogP contribution in [0.3, 0.4) is 0 Å². The summed E-state index contributed by atoms with van der Waals surface area (Å²) in [7, 11) is -3.14. The van der Waals surface area contributed by atoms with Crippen LogP contribution in [0.1, 0.15) is 17.5 Å². The van der Waals surface area contributed by atoms with E-state index in [9.17, 15) is 18.0 Å². The zero-order valence-electron chi connectivity index (χ0n) is 14.5. The van der Waals surface area contributed by atoms with E-state index >= 15 is 0 Å². The number of carbonyl (C=O) groups is 2. The van der Waals surface area contributed by atoms with Gasteiger partial charge >= 0.3 is 0 Å². The smallest absolute Gasteiger partial charge is 0.262 e. The van der Waals surface area contributed by atoms with Crippen molar-refractivity contribution in [2.45, 2.75) is 13.0 Å². The lowest BCUT2D eigenvalue weighted by atomic mass is 10.1. The first-order valence-electron chi connectivity index (χ1n) is 8.46. The summed E-state index contributed by atoms with van der Waals surface area (Å²) < 4.78 is 24.5. The fraction of sp³-hybridized carbons (Fsp3) is 0.278. The molecule has 0 saturated carbocycles. The Morgan fingerprint density at radius 3 is 2.70 bits per heavy atom. The maximum atomic E-state index is 11.9. The zero-order chi connectivity index (χ0) is 19.3. The van der Waals surface area contributed by atoms with Crippen molar-refractivity contribution in [2.75, 3.05) is 11.5 Å². The highest BCUT2D eigenvalue weighted by Gasteiger charge is 2.32. The van der Waals surface area contributed by atoms with Gasteiger partial charge in [-0.1, -0.05) is 30.3 Å². The number of rotatable bonds is 5. The first-order valence-corrected chi connectivity index (χ1v) is 10.3. The van der Waals surface area contributed by atoms with Crippen molar-refractivity contribution in [3.63, 3.8) is 0 Å². The Balaban J connectivity index is 1.47. The Hall–Kier alpha value is -2.94. The number of hydrogen-bond acceptors (Lipinski definition) is 5. The molecule has 1 fully saturated rings. The molecule has 2 aromatic rings. The van der Waals surface area contributed by atoms with E-state index < -0.39 is 27.6 Å². The van der Waals surface area contributed by atoms with E-state index in [4.69, 9.17) is 0 Å². The highest BCUT2D eigenvalue weighted by atomic mass is 32.2. The average Bonchev–Trinajstić information content (AvgIpc) is 3.24. The van der Waals surface area contributed by atoms with Crippen LogP contribution in [0.4, 0.5) is 0 Å². The van der Waals surface area contributed by atoms with Crippen LogP contribution < -0.4 is 10.9 Å². The first kappa shape index (κ1) is 18.8. The van der Waals surface area contributed by atoms with E-state index in [0.29, 0.717) is 6.54 Å². The van der Waals surface area contributed by atoms with Gasteiger partial charge in [0.05, 0.1) is 30.2 Å². The van der Waals surface area contributed by atoms with E-state index in [1.165, 1.54) is 6.08 Å². The quantitative estimate of drug-likeness (QED) is 0.573. The normalized spacial score (nSPS) is 18.4. The molecule has 2 amide bonds. The minimum Gasteiger partial charge on any atom is -0.273 e. The summed E-state index contributed by atoms with van der Waals surface area (Å²) in [6.07, 6.45) is 6.57. The lowest BCUT2D eigenvalue weighted by Crippen LogP contribution is -2.44. The Morgan fingerprint density at radius 1 is 1.22 bits per heavy atom. The highest BCUT2D eigenvalue weighted by Crippen LogP contribution is 2.17. The van der Waals surface area contributed by atoms with Crippen LogP contribution in [0.15, 0.2) is 48.8 Å². The van der Waals surface area contributed by atoms with Gasteiger partial charge in [-0.05, 0) is 18.1 Å². The number of hydrazine groups is 1. The molecule has 0 unspecified atom stereocenters. The maximum absolute atomic E-state index is 11.9. The standard InChI is InChI=1S/C18H20N4O4S/c23-17(20-21-18(24)16-8-9-27(25,26)13-16)7-6-15-10-19-22(12-15)11-14-4-2-1-3-5-14/h1-7,10,12,16H,8-9,11,13H2,(H,20,23)(H,21,24)/b7-6+/t16-/m1/s1. The molecule has 1 aliphatic rings. The lowest BCUT2D eigenvalue weighted by Gasteiger charge is -2.09. The van der Waals surface area contributed by atoms with Gasteiger partial charge in [0.15, 0.2) is 9.84 Å². The Kier molecular flexibility index (Phi) is 5.70. The van der Waals surface area contributed by atoms with Gasteiger partial charge in [0.2, 0.25) is 5.91 Å². The second-order valence-corrected chi connectivity index (χ2v) is 8.60. The van der Waals surface area contributed by atoms with Crippen molar-refractivity contribution in [3.8, 4) is 0 Å². The van der Waals surface area contributed by atoms with Gasteiger partial charge in [0.25, 0.3) is 5.91 Å². The maximum Gasteiger partial charge on any atom is 0.262 e. The average molecular weight is 388 g/mol. The zero-order valence-corrected chi connectivity index (χ0v) is 15.4. The molecule has 8 nitrogen and oxygen atoms in total. The number of sulfone groups is 1. The predicted octanol–water partition coefficient (Wildman–Crippen LogP) is 0.527. The van der Waals surface area contributed by atoms with Crippen molar-refractivity contribution >= 4 is 27.7 Å². The summed E-state index contributed by atoms with van der Waals surface area (Å²) in [5.41, 5.74) is 6.38. The molecular weight excluding hydrogens is 368 g/mol. The van der Waals surface area contributed by atoms with Gasteiger partial charge in [-0.25, -0.2) is 8.42 Å². The van der Waals surface area contributed by atoms with Gasteiger partial charge in [0, 0.05) is 17.8 Å². The SMILES string of the molecule is O=C(/C=C/c1cnn(Cc2ccccc2)c1)NNC(=O)[C@@H]1CCS(=O)(=O)C1. The van der Waals surface area contributed by atoms with Crippen molar-refractivity contribution in [2.24, 2.45) is 5.92 Å². The number of hydrogen-bond donors (Lipinski definition) is 2. The molecule has 1 aromatic heterocycles. The minimum absolute atomic E-state index is 0.00586. The third kappa shape index (κ3) is 5.52. The van der Waals surface area contributed by atoms with Crippen molar-refractivity contribution in [1.29, 1.82) is 0 Å². The summed E-state index contributed by atoms with van der Waals surface area (Å²) >= 11 is 0. The van der Waals surface area contributed by atoms with Crippen molar-refractivity contribution in [3.05, 3.63) is 59.9 Å². The fourth-order valence-corrected chi connectivity index (χ4v) is 4.50. The monoisotopic (exact) mass is 388 g/mol. The second-order valence-electron chi connectivity index (χ2n) is 6.37. The number of amides is 2. The third-order valence-corrected chi connectivity index (χ3v) is 5.95. The predicted molar refractivity (Wildman–Crippen MR) is 99.9 cm³/mol. The fourth-order valence-electron chi connectivity index (χ4n) is 2.76. The lowest BCUT2D eigenvalue weighted by molar-refractivity contribution is -0.129. The summed E-state index contributed by atoms with van der Waals surface area (Å²) in [4.78, 5) is 23.7. The molecular formula is C18H20N4O4S. The van der Waals surface area contributed by atoms with Crippen molar-refractivity contribution in [1.82, 2.24) is 20.6 Å². The van der Waals surface area contributed by atoms with E-state index in [0.717, 1.165) is 11.1 Å². The number of nitrogens with one attached hydrogen (secondary N) is 2. The molecule has 2 heterocycles. The Labute approximate surface area is 157 Å². The molecule has 1 aromatic carbocycles. The summed E-state index contributed by atoms with van der Waals surface area (Å²) in [6, 6.07) is 9.87. The molecule has 27 heavy (non-hydrogen) atoms. The molecule has 0 radical (unpaired) electrons. The van der Waals surface area contributed by atoms with E-state index in [2.05, 4.69) is 16.0 Å². The van der Waals surface area contributed by atoms with Gasteiger partial charge in [-0.2, -0.15) is 5.10 Å². The second kappa shape index (κ2) is 8.17. The minimum atomic E-state index is -3.14. The van der Waals surface area contributed by atoms with Gasteiger partial charge in [0.1, 0.15) is 0 Å². The Bertz CT molecular complexity index is 951. The Morgan fingerprint density at radius 2 is 2.00 bits per heavy atom. The highest BCUT2D eigenvalue weighted by molar-refractivity contribution is 7.91. The molecule has 1 atom stereocenters. The van der Waals surface area contributed by atoms with Gasteiger partial charge in [-0.3, -0.25) is 25.1 Å². The number of nitrogens with zero attached hydrogens (tertiary/aromatic N) is 2. The van der Waals surface area contributed by atoms with E-state index in [1.807, 2.05) is 30.3 Å². The van der Waals surface area contributed by atoms with Crippen LogP contribution in [0, 0.1) is 5.92 Å². The number of benzene rings is 1. The van der Waals surface area contributed by atoms with Gasteiger partial charge < -0.3 is 0 Å². The molecule has 0 spiro atoms. The molecule has 2 N–H and O–H groups in total. The van der Waals surface area contributed by atoms with E-state index in [1.54, 1.807) is 23.2 Å².